The SMILES string of the molecule is CCCNc1ccnc(C(=O)N(Cc2ccccc2)C(C)C)c1. The molecule has 4 heteroatoms. The standard InChI is InChI=1S/C19H25N3O/c1-4-11-20-17-10-12-21-18(13-17)19(23)22(15(2)3)14-16-8-6-5-7-9-16/h5-10,12-13,15H,4,11,14H2,1-3H3,(H,20,21). The van der Waals surface area contributed by atoms with E-state index in [0.717, 1.165) is 24.2 Å². The molecule has 1 N–H and O–H groups in total. The predicted molar refractivity (Wildman–Crippen MR) is 94.5 cm³/mol. The zero-order chi connectivity index (χ0) is 16.7. The molecule has 4 nitrogen and oxygen atoms in total. The molecule has 0 saturated heterocycles. The van der Waals surface area contributed by atoms with Gasteiger partial charge in [-0.05, 0) is 38.0 Å². The van der Waals surface area contributed by atoms with Gasteiger partial charge < -0.3 is 10.2 Å². The fourth-order valence-electron chi connectivity index (χ4n) is 2.34. The van der Waals surface area contributed by atoms with Crippen molar-refractivity contribution in [2.45, 2.75) is 39.8 Å². The summed E-state index contributed by atoms with van der Waals surface area (Å²) in [7, 11) is 0. The highest BCUT2D eigenvalue weighted by Gasteiger charge is 2.20. The monoisotopic (exact) mass is 311 g/mol. The smallest absolute Gasteiger partial charge is 0.273 e. The van der Waals surface area contributed by atoms with Crippen molar-refractivity contribution >= 4 is 11.6 Å². The van der Waals surface area contributed by atoms with Crippen LogP contribution in [-0.4, -0.2) is 28.4 Å². The second kappa shape index (κ2) is 8.32. The highest BCUT2D eigenvalue weighted by Crippen LogP contribution is 2.15. The molecular weight excluding hydrogens is 286 g/mol. The van der Waals surface area contributed by atoms with Gasteiger partial charge in [0.1, 0.15) is 5.69 Å². The molecule has 0 aliphatic heterocycles. The van der Waals surface area contributed by atoms with E-state index < -0.39 is 0 Å². The fraction of sp³-hybridized carbons (Fsp3) is 0.368. The zero-order valence-corrected chi connectivity index (χ0v) is 14.1. The van der Waals surface area contributed by atoms with Gasteiger partial charge in [-0.15, -0.1) is 0 Å². The van der Waals surface area contributed by atoms with E-state index in [9.17, 15) is 4.79 Å². The first kappa shape index (κ1) is 17.0. The Morgan fingerprint density at radius 1 is 1.22 bits per heavy atom. The lowest BCUT2D eigenvalue weighted by Crippen LogP contribution is -2.36. The molecule has 0 fully saturated rings. The van der Waals surface area contributed by atoms with Crippen molar-refractivity contribution in [3.8, 4) is 0 Å². The molecule has 0 unspecified atom stereocenters. The van der Waals surface area contributed by atoms with E-state index in [1.54, 1.807) is 6.20 Å². The normalized spacial score (nSPS) is 10.6. The highest BCUT2D eigenvalue weighted by atomic mass is 16.2. The summed E-state index contributed by atoms with van der Waals surface area (Å²) in [6.45, 7) is 7.64. The molecule has 0 spiro atoms. The van der Waals surface area contributed by atoms with Crippen molar-refractivity contribution in [1.82, 2.24) is 9.88 Å². The molecule has 122 valence electrons. The van der Waals surface area contributed by atoms with E-state index in [1.807, 2.05) is 61.2 Å². The van der Waals surface area contributed by atoms with Crippen LogP contribution < -0.4 is 5.32 Å². The first-order valence-electron chi connectivity index (χ1n) is 8.16. The molecule has 1 heterocycles. The number of hydrogen-bond acceptors (Lipinski definition) is 3. The molecule has 0 atom stereocenters. The third-order valence-electron chi connectivity index (χ3n) is 3.64. The van der Waals surface area contributed by atoms with Crippen LogP contribution in [0.4, 0.5) is 5.69 Å². The maximum absolute atomic E-state index is 12.9. The zero-order valence-electron chi connectivity index (χ0n) is 14.1. The fourth-order valence-corrected chi connectivity index (χ4v) is 2.34. The third-order valence-corrected chi connectivity index (χ3v) is 3.64. The Kier molecular flexibility index (Phi) is 6.15. The number of carbonyl (C=O) groups is 1. The number of nitrogens with zero attached hydrogens (tertiary/aromatic N) is 2. The van der Waals surface area contributed by atoms with Crippen molar-refractivity contribution in [2.75, 3.05) is 11.9 Å². The summed E-state index contributed by atoms with van der Waals surface area (Å²) in [5, 5.41) is 3.30. The maximum Gasteiger partial charge on any atom is 0.273 e. The quantitative estimate of drug-likeness (QED) is 0.842. The summed E-state index contributed by atoms with van der Waals surface area (Å²) in [6, 6.07) is 13.9. The van der Waals surface area contributed by atoms with Crippen LogP contribution in [0.3, 0.4) is 0 Å². The van der Waals surface area contributed by atoms with Crippen LogP contribution in [0.15, 0.2) is 48.7 Å². The van der Waals surface area contributed by atoms with Gasteiger partial charge in [-0.25, -0.2) is 0 Å². The van der Waals surface area contributed by atoms with Crippen molar-refractivity contribution in [3.63, 3.8) is 0 Å². The van der Waals surface area contributed by atoms with Crippen molar-refractivity contribution in [1.29, 1.82) is 0 Å². The molecule has 0 bridgehead atoms. The van der Waals surface area contributed by atoms with Crippen LogP contribution in [0.2, 0.25) is 0 Å². The Morgan fingerprint density at radius 3 is 2.61 bits per heavy atom. The van der Waals surface area contributed by atoms with Crippen molar-refractivity contribution < 1.29 is 4.79 Å². The lowest BCUT2D eigenvalue weighted by Gasteiger charge is -2.26. The lowest BCUT2D eigenvalue weighted by molar-refractivity contribution is 0.0684. The molecule has 1 aromatic heterocycles. The van der Waals surface area contributed by atoms with Gasteiger partial charge in [0.25, 0.3) is 5.91 Å². The Labute approximate surface area is 138 Å². The van der Waals surface area contributed by atoms with Gasteiger partial charge in [0, 0.05) is 31.0 Å². The molecule has 23 heavy (non-hydrogen) atoms. The molecular formula is C19H25N3O. The van der Waals surface area contributed by atoms with Crippen LogP contribution in [0, 0.1) is 0 Å². The van der Waals surface area contributed by atoms with Gasteiger partial charge in [-0.2, -0.15) is 0 Å². The average molecular weight is 311 g/mol. The van der Waals surface area contributed by atoms with Gasteiger partial charge in [-0.1, -0.05) is 37.3 Å². The molecule has 1 aromatic carbocycles. The van der Waals surface area contributed by atoms with Crippen molar-refractivity contribution in [3.05, 3.63) is 59.9 Å². The second-order valence-corrected chi connectivity index (χ2v) is 5.87. The summed E-state index contributed by atoms with van der Waals surface area (Å²) in [5.74, 6) is -0.0380. The Morgan fingerprint density at radius 2 is 1.96 bits per heavy atom. The lowest BCUT2D eigenvalue weighted by atomic mass is 10.1. The second-order valence-electron chi connectivity index (χ2n) is 5.87. The summed E-state index contributed by atoms with van der Waals surface area (Å²) in [6.07, 6.45) is 2.73. The number of rotatable bonds is 7. The van der Waals surface area contributed by atoms with Gasteiger partial charge in [0.2, 0.25) is 0 Å². The summed E-state index contributed by atoms with van der Waals surface area (Å²) in [4.78, 5) is 19.0. The maximum atomic E-state index is 12.9. The minimum atomic E-state index is -0.0380. The molecule has 0 aliphatic carbocycles. The molecule has 0 saturated carbocycles. The largest absolute Gasteiger partial charge is 0.385 e. The van der Waals surface area contributed by atoms with Gasteiger partial charge >= 0.3 is 0 Å². The predicted octanol–water partition coefficient (Wildman–Crippen LogP) is 3.95. The first-order chi connectivity index (χ1) is 11.1. The van der Waals surface area contributed by atoms with Crippen LogP contribution in [0.5, 0.6) is 0 Å². The minimum absolute atomic E-state index is 0.0380. The minimum Gasteiger partial charge on any atom is -0.385 e. The summed E-state index contributed by atoms with van der Waals surface area (Å²) in [5.41, 5.74) is 2.54. The number of anilines is 1. The number of nitrogens with one attached hydrogen (secondary N) is 1. The Hall–Kier alpha value is -2.36. The van der Waals surface area contributed by atoms with E-state index in [2.05, 4.69) is 17.2 Å². The number of carbonyl (C=O) groups excluding carboxylic acids is 1. The number of aromatic nitrogens is 1. The Bertz CT molecular complexity index is 626. The summed E-state index contributed by atoms with van der Waals surface area (Å²) >= 11 is 0. The molecule has 0 aliphatic rings. The number of amides is 1. The van der Waals surface area contributed by atoms with Crippen LogP contribution in [-0.2, 0) is 6.54 Å². The number of hydrogen-bond donors (Lipinski definition) is 1. The molecule has 0 radical (unpaired) electrons. The molecule has 2 rings (SSSR count). The van der Waals surface area contributed by atoms with Gasteiger partial charge in [0.15, 0.2) is 0 Å². The number of pyridine rings is 1. The molecule has 2 aromatic rings. The van der Waals surface area contributed by atoms with Crippen LogP contribution >= 0.6 is 0 Å². The molecule has 1 amide bonds. The van der Waals surface area contributed by atoms with E-state index in [0.29, 0.717) is 12.2 Å². The van der Waals surface area contributed by atoms with Gasteiger partial charge in [-0.3, -0.25) is 9.78 Å². The van der Waals surface area contributed by atoms with Crippen LogP contribution in [0.1, 0.15) is 43.2 Å². The Balaban J connectivity index is 2.17. The van der Waals surface area contributed by atoms with Crippen molar-refractivity contribution in [2.24, 2.45) is 0 Å². The van der Waals surface area contributed by atoms with E-state index in [4.69, 9.17) is 0 Å². The highest BCUT2D eigenvalue weighted by molar-refractivity contribution is 5.93. The third kappa shape index (κ3) is 4.81. The summed E-state index contributed by atoms with van der Waals surface area (Å²) < 4.78 is 0. The van der Waals surface area contributed by atoms with Gasteiger partial charge in [0.05, 0.1) is 0 Å². The average Bonchev–Trinajstić information content (AvgIpc) is 2.58. The van der Waals surface area contributed by atoms with E-state index in [1.165, 1.54) is 0 Å². The topological polar surface area (TPSA) is 45.2 Å². The number of benzene rings is 1. The van der Waals surface area contributed by atoms with Crippen LogP contribution in [0.25, 0.3) is 0 Å². The van der Waals surface area contributed by atoms with E-state index >= 15 is 0 Å². The first-order valence-corrected chi connectivity index (χ1v) is 8.16. The van der Waals surface area contributed by atoms with E-state index in [-0.39, 0.29) is 11.9 Å².